The molecule has 5 amide bonds. The average molecular weight is 2010 g/mol. The molecule has 1 spiro atoms. The first-order valence-corrected chi connectivity index (χ1v) is 55.7. The number of likely N-dealkylation sites (tertiary alicyclic amines) is 5. The molecule has 13 aliphatic rings. The predicted molar refractivity (Wildman–Crippen MR) is 565 cm³/mol. The Bertz CT molecular complexity index is 5010. The van der Waals surface area contributed by atoms with Gasteiger partial charge in [0.15, 0.2) is 0 Å². The van der Waals surface area contributed by atoms with E-state index in [-0.39, 0.29) is 47.7 Å². The molecule has 13 unspecified atom stereocenters. The number of furan rings is 1. The quantitative estimate of drug-likeness (QED) is 0.0540. The first-order chi connectivity index (χ1) is 66.7. The third-order valence-corrected chi connectivity index (χ3v) is 35.5. The number of aliphatic hydroxyl groups is 1. The number of aryl methyl sites for hydroxylation is 3. The van der Waals surface area contributed by atoms with Crippen LogP contribution in [-0.2, 0) is 80.8 Å². The maximum absolute atomic E-state index is 13.3. The average Bonchev–Trinajstić information content (AvgIpc) is 1.46. The molecule has 138 heavy (non-hydrogen) atoms. The lowest BCUT2D eigenvalue weighted by Gasteiger charge is -2.64. The van der Waals surface area contributed by atoms with E-state index >= 15 is 0 Å². The Labute approximate surface area is 856 Å². The van der Waals surface area contributed by atoms with E-state index in [2.05, 4.69) is 101 Å². The Morgan fingerprint density at radius 2 is 0.833 bits per heavy atom. The zero-order valence-corrected chi connectivity index (χ0v) is 89.1. The first-order valence-electron chi connectivity index (χ1n) is 53.4. The Hall–Kier alpha value is -6.23. The topological polar surface area (TPSA) is 160 Å². The van der Waals surface area contributed by atoms with Crippen LogP contribution in [0, 0.1) is 5.92 Å². The fourth-order valence-corrected chi connectivity index (χ4v) is 27.0. The lowest BCUT2D eigenvalue weighted by Crippen LogP contribution is -2.78. The van der Waals surface area contributed by atoms with Crippen molar-refractivity contribution in [2.75, 3.05) is 100 Å². The van der Waals surface area contributed by atoms with E-state index in [1.807, 2.05) is 96.3 Å². The molecule has 1 aromatic heterocycles. The van der Waals surface area contributed by atoms with Gasteiger partial charge in [-0.25, -0.2) is 0 Å². The van der Waals surface area contributed by atoms with Crippen LogP contribution in [0.25, 0.3) is 6.08 Å². The van der Waals surface area contributed by atoms with Crippen molar-refractivity contribution in [3.8, 4) is 5.75 Å². The summed E-state index contributed by atoms with van der Waals surface area (Å²) >= 11 is 36.7. The molecule has 0 radical (unpaired) electrons. The van der Waals surface area contributed by atoms with E-state index < -0.39 is 11.0 Å². The van der Waals surface area contributed by atoms with Gasteiger partial charge in [0.2, 0.25) is 29.5 Å². The van der Waals surface area contributed by atoms with Crippen LogP contribution in [0.2, 0.25) is 30.1 Å². The molecule has 18 nitrogen and oxygen atoms in total. The molecule has 5 aromatic carbocycles. The fraction of sp³-hybridized carbons (Fsp3) is 0.640. The smallest absolute Gasteiger partial charge is 0.246 e. The predicted octanol–water partition coefficient (Wildman–Crippen LogP) is 23.2. The second-order valence-electron chi connectivity index (χ2n) is 42.0. The Morgan fingerprint density at radius 1 is 0.420 bits per heavy atom. The number of hydrogen-bond donors (Lipinski definition) is 1. The summed E-state index contributed by atoms with van der Waals surface area (Å²) in [6, 6.07) is 34.8. The van der Waals surface area contributed by atoms with Gasteiger partial charge < -0.3 is 38.8 Å². The number of hydrogen-bond acceptors (Lipinski definition) is 13. The number of piperidine rings is 1. The van der Waals surface area contributed by atoms with Gasteiger partial charge in [-0.1, -0.05) is 211 Å². The molecule has 7 aliphatic carbocycles. The number of benzene rings is 5. The molecular weight excluding hydrogens is 1850 g/mol. The number of ether oxygens (including phenoxy) is 1. The maximum Gasteiger partial charge on any atom is 0.246 e. The van der Waals surface area contributed by atoms with Gasteiger partial charge in [-0.05, 0) is 331 Å². The van der Waals surface area contributed by atoms with Gasteiger partial charge in [0.25, 0.3) is 0 Å². The van der Waals surface area contributed by atoms with Crippen LogP contribution < -0.4 is 4.74 Å². The van der Waals surface area contributed by atoms with Crippen molar-refractivity contribution in [2.24, 2.45) is 5.92 Å². The molecule has 11 fully saturated rings. The van der Waals surface area contributed by atoms with E-state index in [0.29, 0.717) is 106 Å². The van der Waals surface area contributed by atoms with E-state index in [9.17, 15) is 29.1 Å². The molecular formula is C114H160Cl6N10O8. The second-order valence-corrected chi connectivity index (χ2v) is 44.4. The summed E-state index contributed by atoms with van der Waals surface area (Å²) in [5, 5.41) is 16.4. The summed E-state index contributed by atoms with van der Waals surface area (Å²) in [4.78, 5) is 88.1. The fourth-order valence-electron chi connectivity index (χ4n) is 25.7. The van der Waals surface area contributed by atoms with Crippen molar-refractivity contribution in [2.45, 2.75) is 363 Å². The number of rotatable bonds is 25. The van der Waals surface area contributed by atoms with E-state index in [1.165, 1.54) is 217 Å². The van der Waals surface area contributed by atoms with Crippen LogP contribution in [0.4, 0.5) is 0 Å². The van der Waals surface area contributed by atoms with Crippen LogP contribution in [-0.4, -0.2) is 256 Å². The van der Waals surface area contributed by atoms with Crippen LogP contribution in [0.1, 0.15) is 290 Å². The highest BCUT2D eigenvalue weighted by Crippen LogP contribution is 2.65. The van der Waals surface area contributed by atoms with Gasteiger partial charge in [-0.3, -0.25) is 48.5 Å². The standard InChI is InChI=1S/C30H36N2O4.2C21H31ClN2O.C20H28Cl2N2O.C19H26Cl2N2O.C3H8/c1-3-20-8-9-21-17-24-30(34)13-12-23(31(2)25(33)11-10-22-5-4-16-35-22)28-29(30,26(21)27(20)36-28)14-15-32(24)18-19-6-7-19;1-3-17-14-16(10-11-18(17)22)15-21(25)23(2)19-8-4-5-9-20(19)24-12-6-7-13-24;1-3-17-11-10-16(14-18(17)22)15-21(25)23(2)19-8-4-5-9-20(19)24-12-6-7-13-24;1-2-24(20(25)14-15-9-10-16(21)17(22)13-15)19-8-4-3-7-18(19)23-11-5-6-12-23;1-22(19(24)13-14-8-9-15(20)16(21)12-14)17-6-2-3-7-18(17)23-10-4-5-11-23;1-3-2/h4-5,8-11,16,19,23-24,28,34H,3,6-7,12-15,17-18H2,1-2H3;2*10-11,14,19-20H,3-9,12-13,15H2,1-2H3;9-10,13,18-19H,2-8,11-12,14H2,1H3;8-9,12,17-18H,2-7,10-11,13H2,1H3;3H2,1-2H3/b11-10+;;;;;. The molecule has 7 heterocycles. The highest BCUT2D eigenvalue weighted by Gasteiger charge is 2.73. The third-order valence-electron chi connectivity index (χ3n) is 33.3. The molecule has 5 saturated heterocycles. The van der Waals surface area contributed by atoms with Crippen molar-refractivity contribution in [3.05, 3.63) is 195 Å². The number of nitrogens with zero attached hydrogens (tertiary/aromatic N) is 10. The maximum atomic E-state index is 13.3. The Kier molecular flexibility index (Phi) is 39.7. The lowest BCUT2D eigenvalue weighted by atomic mass is 9.48. The van der Waals surface area contributed by atoms with Crippen LogP contribution >= 0.6 is 69.6 Å². The van der Waals surface area contributed by atoms with Crippen LogP contribution in [0.15, 0.2) is 114 Å². The van der Waals surface area contributed by atoms with Gasteiger partial charge in [0.05, 0.1) is 69.1 Å². The van der Waals surface area contributed by atoms with Crippen molar-refractivity contribution in [3.63, 3.8) is 0 Å². The summed E-state index contributed by atoms with van der Waals surface area (Å²) in [7, 11) is 7.87. The summed E-state index contributed by atoms with van der Waals surface area (Å²) in [5.74, 6) is 3.21. The van der Waals surface area contributed by atoms with E-state index in [4.69, 9.17) is 78.8 Å². The van der Waals surface area contributed by atoms with E-state index in [0.717, 1.165) is 139 Å². The largest absolute Gasteiger partial charge is 0.487 e. The minimum absolute atomic E-state index is 0.0627. The molecule has 24 heteroatoms. The zero-order chi connectivity index (χ0) is 97.9. The normalized spacial score (nSPS) is 26.7. The minimum Gasteiger partial charge on any atom is -0.487 e. The van der Waals surface area contributed by atoms with Gasteiger partial charge in [0.1, 0.15) is 17.6 Å². The van der Waals surface area contributed by atoms with Crippen molar-refractivity contribution >= 4 is 105 Å². The molecule has 19 rings (SSSR count). The van der Waals surface area contributed by atoms with E-state index in [1.54, 1.807) is 36.6 Å². The van der Waals surface area contributed by atoms with Gasteiger partial charge in [-0.2, -0.15) is 0 Å². The van der Waals surface area contributed by atoms with Gasteiger partial charge in [0, 0.05) is 117 Å². The molecule has 756 valence electrons. The van der Waals surface area contributed by atoms with Crippen LogP contribution in [0.5, 0.6) is 5.75 Å². The highest BCUT2D eigenvalue weighted by atomic mass is 35.5. The number of likely N-dealkylation sites (N-methyl/N-ethyl adjacent to an activating group) is 5. The number of amides is 5. The summed E-state index contributed by atoms with van der Waals surface area (Å²) in [5.41, 5.74) is 8.74. The summed E-state index contributed by atoms with van der Waals surface area (Å²) in [6.07, 6.45) is 46.2. The van der Waals surface area contributed by atoms with Crippen molar-refractivity contribution < 1.29 is 38.2 Å². The van der Waals surface area contributed by atoms with Crippen molar-refractivity contribution in [1.29, 1.82) is 0 Å². The zero-order valence-electron chi connectivity index (χ0n) is 84.6. The third kappa shape index (κ3) is 25.8. The first kappa shape index (κ1) is 108. The lowest BCUT2D eigenvalue weighted by molar-refractivity contribution is -0.200. The monoisotopic (exact) mass is 2010 g/mol. The number of carbonyl (C=O) groups excluding carboxylic acids is 5. The minimum atomic E-state index is -0.834. The molecule has 1 N–H and O–H groups in total. The molecule has 2 bridgehead atoms. The number of halogens is 6. The summed E-state index contributed by atoms with van der Waals surface area (Å²) < 4.78 is 12.3. The van der Waals surface area contributed by atoms with Crippen molar-refractivity contribution in [1.82, 2.24) is 49.0 Å². The van der Waals surface area contributed by atoms with Crippen LogP contribution in [0.3, 0.4) is 0 Å². The summed E-state index contributed by atoms with van der Waals surface area (Å²) in [6.45, 7) is 25.2. The molecule has 6 aromatic rings. The van der Waals surface area contributed by atoms with Gasteiger partial charge >= 0.3 is 0 Å². The molecule has 6 aliphatic heterocycles. The SMILES string of the molecule is CCC.CCN(C(=O)Cc1ccc(Cl)c(Cl)c1)C1CCCCC1N1CCCC1.CCc1cc(CC(=O)N(C)C2CCCCC2N2CCCC2)ccc1Cl.CCc1ccc(CC(=O)N(C)C2CCCCC2N2CCCC2)cc1Cl.CCc1ccc2c3c1OC1C(N(C)C(=O)/C=C/c4ccco4)CCC4(O)C(C2)N(CC2CC2)CCC314.CN(C(=O)Cc1ccc(Cl)c(Cl)c1)C1CCCCC1N1CCCC1. The molecule has 13 atom stereocenters. The Morgan fingerprint density at radius 3 is 1.26 bits per heavy atom. The number of carbonyl (C=O) groups is 5. The second kappa shape index (κ2) is 51.0. The highest BCUT2D eigenvalue weighted by molar-refractivity contribution is 6.42. The Balaban J connectivity index is 0.000000138. The molecule has 6 saturated carbocycles. The van der Waals surface area contributed by atoms with Gasteiger partial charge in [-0.15, -0.1) is 0 Å².